The third-order valence-corrected chi connectivity index (χ3v) is 4.39. The SMILES string of the molecule is O=c1cc(NC2CCC2)cnn1CCCN1CCCC1. The van der Waals surface area contributed by atoms with Crippen LogP contribution in [0, 0.1) is 0 Å². The van der Waals surface area contributed by atoms with Crippen molar-refractivity contribution in [2.45, 2.75) is 51.1 Å². The Balaban J connectivity index is 1.49. The van der Waals surface area contributed by atoms with E-state index in [1.165, 1.54) is 45.2 Å². The molecule has 110 valence electrons. The Labute approximate surface area is 120 Å². The van der Waals surface area contributed by atoms with Gasteiger partial charge in [-0.1, -0.05) is 0 Å². The molecule has 0 amide bonds. The van der Waals surface area contributed by atoms with Gasteiger partial charge < -0.3 is 10.2 Å². The number of nitrogens with zero attached hydrogens (tertiary/aromatic N) is 3. The molecule has 1 aromatic heterocycles. The summed E-state index contributed by atoms with van der Waals surface area (Å²) in [6, 6.07) is 2.23. The van der Waals surface area contributed by atoms with Crippen LogP contribution in [0.2, 0.25) is 0 Å². The Morgan fingerprint density at radius 1 is 1.20 bits per heavy atom. The van der Waals surface area contributed by atoms with E-state index in [2.05, 4.69) is 15.3 Å². The van der Waals surface area contributed by atoms with Crippen LogP contribution in [0.4, 0.5) is 5.69 Å². The monoisotopic (exact) mass is 276 g/mol. The summed E-state index contributed by atoms with van der Waals surface area (Å²) >= 11 is 0. The second kappa shape index (κ2) is 6.39. The lowest BCUT2D eigenvalue weighted by Crippen LogP contribution is -2.30. The van der Waals surface area contributed by atoms with Gasteiger partial charge in [0.15, 0.2) is 0 Å². The summed E-state index contributed by atoms with van der Waals surface area (Å²) in [6.07, 6.45) is 9.13. The molecule has 1 saturated carbocycles. The van der Waals surface area contributed by atoms with Gasteiger partial charge in [-0.2, -0.15) is 5.10 Å². The lowest BCUT2D eigenvalue weighted by atomic mass is 9.93. The molecule has 1 N–H and O–H groups in total. The van der Waals surface area contributed by atoms with Crippen LogP contribution in [-0.4, -0.2) is 40.4 Å². The lowest BCUT2D eigenvalue weighted by molar-refractivity contribution is 0.320. The topological polar surface area (TPSA) is 50.2 Å². The third kappa shape index (κ3) is 3.39. The van der Waals surface area contributed by atoms with Crippen LogP contribution in [0.1, 0.15) is 38.5 Å². The van der Waals surface area contributed by atoms with Gasteiger partial charge in [0.25, 0.3) is 5.56 Å². The van der Waals surface area contributed by atoms with Crippen LogP contribution in [0.25, 0.3) is 0 Å². The molecular weight excluding hydrogens is 252 g/mol. The summed E-state index contributed by atoms with van der Waals surface area (Å²) in [5, 5.41) is 7.64. The normalized spacial score (nSPS) is 20.0. The fourth-order valence-electron chi connectivity index (χ4n) is 2.92. The summed E-state index contributed by atoms with van der Waals surface area (Å²) in [4.78, 5) is 14.5. The van der Waals surface area contributed by atoms with Crippen LogP contribution in [0.3, 0.4) is 0 Å². The fourth-order valence-corrected chi connectivity index (χ4v) is 2.92. The molecule has 0 radical (unpaired) electrons. The van der Waals surface area contributed by atoms with Gasteiger partial charge in [0, 0.05) is 18.7 Å². The lowest BCUT2D eigenvalue weighted by Gasteiger charge is -2.27. The number of likely N-dealkylation sites (tertiary alicyclic amines) is 1. The molecule has 3 rings (SSSR count). The highest BCUT2D eigenvalue weighted by atomic mass is 16.1. The zero-order valence-electron chi connectivity index (χ0n) is 12.1. The van der Waals surface area contributed by atoms with Gasteiger partial charge in [-0.05, 0) is 58.2 Å². The molecule has 2 heterocycles. The molecule has 0 spiro atoms. The summed E-state index contributed by atoms with van der Waals surface area (Å²) in [5.41, 5.74) is 0.881. The van der Waals surface area contributed by atoms with E-state index in [-0.39, 0.29) is 5.56 Å². The van der Waals surface area contributed by atoms with Crippen LogP contribution in [0.5, 0.6) is 0 Å². The molecule has 1 aliphatic heterocycles. The molecule has 5 heteroatoms. The van der Waals surface area contributed by atoms with E-state index in [1.807, 2.05) is 0 Å². The number of aryl methyl sites for hydroxylation is 1. The maximum absolute atomic E-state index is 12.0. The van der Waals surface area contributed by atoms with E-state index >= 15 is 0 Å². The molecule has 20 heavy (non-hydrogen) atoms. The first-order valence-electron chi connectivity index (χ1n) is 7.87. The van der Waals surface area contributed by atoms with Crippen molar-refractivity contribution >= 4 is 5.69 Å². The number of anilines is 1. The van der Waals surface area contributed by atoms with Gasteiger partial charge >= 0.3 is 0 Å². The molecule has 0 bridgehead atoms. The minimum Gasteiger partial charge on any atom is -0.381 e. The number of hydrogen-bond acceptors (Lipinski definition) is 4. The van der Waals surface area contributed by atoms with E-state index in [0.29, 0.717) is 6.04 Å². The number of rotatable bonds is 6. The largest absolute Gasteiger partial charge is 0.381 e. The highest BCUT2D eigenvalue weighted by Gasteiger charge is 2.17. The predicted octanol–water partition coefficient (Wildman–Crippen LogP) is 1.69. The number of aromatic nitrogens is 2. The average molecular weight is 276 g/mol. The number of nitrogens with one attached hydrogen (secondary N) is 1. The fraction of sp³-hybridized carbons (Fsp3) is 0.733. The van der Waals surface area contributed by atoms with Crippen molar-refractivity contribution in [2.75, 3.05) is 25.0 Å². The Hall–Kier alpha value is -1.36. The Kier molecular flexibility index (Phi) is 4.35. The second-order valence-corrected chi connectivity index (χ2v) is 5.98. The zero-order valence-corrected chi connectivity index (χ0v) is 12.1. The quantitative estimate of drug-likeness (QED) is 0.859. The molecule has 1 saturated heterocycles. The van der Waals surface area contributed by atoms with Gasteiger partial charge in [-0.3, -0.25) is 4.79 Å². The van der Waals surface area contributed by atoms with E-state index in [4.69, 9.17) is 0 Å². The average Bonchev–Trinajstić information content (AvgIpc) is 2.89. The summed E-state index contributed by atoms with van der Waals surface area (Å²) in [7, 11) is 0. The van der Waals surface area contributed by atoms with Crippen LogP contribution >= 0.6 is 0 Å². The first-order valence-corrected chi connectivity index (χ1v) is 7.87. The van der Waals surface area contributed by atoms with Crippen molar-refractivity contribution in [2.24, 2.45) is 0 Å². The maximum atomic E-state index is 12.0. The minimum absolute atomic E-state index is 0.00995. The smallest absolute Gasteiger partial charge is 0.268 e. The van der Waals surface area contributed by atoms with E-state index in [9.17, 15) is 4.79 Å². The molecule has 0 aromatic carbocycles. The van der Waals surface area contributed by atoms with E-state index < -0.39 is 0 Å². The van der Waals surface area contributed by atoms with Crippen molar-refractivity contribution in [1.82, 2.24) is 14.7 Å². The van der Waals surface area contributed by atoms with E-state index in [1.54, 1.807) is 16.9 Å². The van der Waals surface area contributed by atoms with Gasteiger partial charge in [0.05, 0.1) is 11.9 Å². The molecule has 1 aromatic rings. The van der Waals surface area contributed by atoms with Crippen molar-refractivity contribution in [1.29, 1.82) is 0 Å². The maximum Gasteiger partial charge on any atom is 0.268 e. The van der Waals surface area contributed by atoms with Crippen molar-refractivity contribution in [3.63, 3.8) is 0 Å². The molecule has 0 atom stereocenters. The standard InChI is InChI=1S/C15H24N4O/c20-15-11-14(17-13-5-3-6-13)12-16-19(15)10-4-9-18-7-1-2-8-18/h11-13,17H,1-10H2. The van der Waals surface area contributed by atoms with Crippen LogP contribution < -0.4 is 10.9 Å². The highest BCUT2D eigenvalue weighted by molar-refractivity contribution is 5.40. The predicted molar refractivity (Wildman–Crippen MR) is 80.0 cm³/mol. The van der Waals surface area contributed by atoms with Gasteiger partial charge in [0.2, 0.25) is 0 Å². The summed E-state index contributed by atoms with van der Waals surface area (Å²) in [5.74, 6) is 0. The third-order valence-electron chi connectivity index (χ3n) is 4.39. The minimum atomic E-state index is 0.00995. The summed E-state index contributed by atoms with van der Waals surface area (Å²) in [6.45, 7) is 4.23. The zero-order chi connectivity index (χ0) is 13.8. The summed E-state index contributed by atoms with van der Waals surface area (Å²) < 4.78 is 1.59. The van der Waals surface area contributed by atoms with Gasteiger partial charge in [0.1, 0.15) is 0 Å². The van der Waals surface area contributed by atoms with Crippen molar-refractivity contribution in [3.05, 3.63) is 22.6 Å². The van der Waals surface area contributed by atoms with E-state index in [0.717, 1.165) is 25.2 Å². The Morgan fingerprint density at radius 3 is 2.65 bits per heavy atom. The second-order valence-electron chi connectivity index (χ2n) is 5.98. The van der Waals surface area contributed by atoms with Crippen molar-refractivity contribution < 1.29 is 0 Å². The Bertz CT molecular complexity index is 489. The van der Waals surface area contributed by atoms with Crippen molar-refractivity contribution in [3.8, 4) is 0 Å². The first kappa shape index (κ1) is 13.6. The first-order chi connectivity index (χ1) is 9.81. The molecule has 2 fully saturated rings. The molecule has 1 aliphatic carbocycles. The van der Waals surface area contributed by atoms with Crippen LogP contribution in [0.15, 0.2) is 17.1 Å². The molecular formula is C15H24N4O. The van der Waals surface area contributed by atoms with Gasteiger partial charge in [-0.15, -0.1) is 0 Å². The number of hydrogen-bond donors (Lipinski definition) is 1. The Morgan fingerprint density at radius 2 is 2.00 bits per heavy atom. The highest BCUT2D eigenvalue weighted by Crippen LogP contribution is 2.22. The molecule has 2 aliphatic rings. The molecule has 0 unspecified atom stereocenters. The van der Waals surface area contributed by atoms with Gasteiger partial charge in [-0.25, -0.2) is 4.68 Å². The van der Waals surface area contributed by atoms with Crippen LogP contribution in [-0.2, 0) is 6.54 Å². The molecule has 5 nitrogen and oxygen atoms in total.